The van der Waals surface area contributed by atoms with Crippen LogP contribution in [0.15, 0.2) is 30.3 Å². The van der Waals surface area contributed by atoms with Gasteiger partial charge < -0.3 is 9.47 Å². The predicted molar refractivity (Wildman–Crippen MR) is 63.7 cm³/mol. The second kappa shape index (κ2) is 4.59. The van der Waals surface area contributed by atoms with E-state index in [1.807, 2.05) is 18.2 Å². The topological polar surface area (TPSA) is 18.5 Å². The van der Waals surface area contributed by atoms with E-state index in [0.717, 1.165) is 19.8 Å². The Morgan fingerprint density at radius 1 is 1.29 bits per heavy atom. The molecule has 2 nitrogen and oxygen atoms in total. The van der Waals surface area contributed by atoms with E-state index in [2.05, 4.69) is 34.7 Å². The minimum Gasteiger partial charge on any atom is -0.378 e. The van der Waals surface area contributed by atoms with Crippen molar-refractivity contribution in [3.05, 3.63) is 35.9 Å². The summed E-state index contributed by atoms with van der Waals surface area (Å²) in [6.07, 6.45) is 0. The molecule has 1 fully saturated rings. The minimum absolute atomic E-state index is 0.229. The summed E-state index contributed by atoms with van der Waals surface area (Å²) in [6.45, 7) is 3.12. The summed E-state index contributed by atoms with van der Waals surface area (Å²) in [7, 11) is 0. The van der Waals surface area contributed by atoms with Crippen LogP contribution < -0.4 is 0 Å². The van der Waals surface area contributed by atoms with Crippen molar-refractivity contribution in [2.75, 3.05) is 19.8 Å². The lowest BCUT2D eigenvalue weighted by molar-refractivity contribution is -0.0435. The van der Waals surface area contributed by atoms with Gasteiger partial charge >= 0.3 is 0 Å². The lowest BCUT2D eigenvalue weighted by atomic mass is 10.1. The van der Waals surface area contributed by atoms with Crippen LogP contribution in [0.3, 0.4) is 0 Å². The molecule has 1 heterocycles. The highest BCUT2D eigenvalue weighted by Crippen LogP contribution is 2.28. The van der Waals surface area contributed by atoms with Gasteiger partial charge in [0.1, 0.15) is 0 Å². The molecular formula is C11H13IO2. The Hall–Kier alpha value is -0.130. The highest BCUT2D eigenvalue weighted by molar-refractivity contribution is 14.1. The van der Waals surface area contributed by atoms with Gasteiger partial charge in [-0.25, -0.2) is 0 Å². The van der Waals surface area contributed by atoms with Crippen molar-refractivity contribution >= 4 is 22.6 Å². The molecule has 0 N–H and O–H groups in total. The second-order valence-electron chi connectivity index (χ2n) is 3.62. The van der Waals surface area contributed by atoms with Gasteiger partial charge in [-0.3, -0.25) is 0 Å². The summed E-state index contributed by atoms with van der Waals surface area (Å²) >= 11 is 2.42. The fourth-order valence-electron chi connectivity index (χ4n) is 1.33. The monoisotopic (exact) mass is 304 g/mol. The highest BCUT2D eigenvalue weighted by atomic mass is 127. The van der Waals surface area contributed by atoms with Crippen molar-refractivity contribution in [2.24, 2.45) is 0 Å². The Balaban J connectivity index is 1.73. The molecule has 1 aromatic carbocycles. The quantitative estimate of drug-likeness (QED) is 0.628. The van der Waals surface area contributed by atoms with Crippen LogP contribution in [-0.2, 0) is 16.1 Å². The summed E-state index contributed by atoms with van der Waals surface area (Å²) in [6, 6.07) is 10.2. The molecule has 3 heteroatoms. The zero-order valence-electron chi connectivity index (χ0n) is 7.91. The molecular weight excluding hydrogens is 291 g/mol. The van der Waals surface area contributed by atoms with E-state index >= 15 is 0 Å². The van der Waals surface area contributed by atoms with Crippen molar-refractivity contribution in [2.45, 2.75) is 10.0 Å². The molecule has 0 saturated carbocycles. The Morgan fingerprint density at radius 3 is 2.57 bits per heavy atom. The largest absolute Gasteiger partial charge is 0.378 e. The smallest absolute Gasteiger partial charge is 0.0920 e. The molecule has 76 valence electrons. The summed E-state index contributed by atoms with van der Waals surface area (Å²) in [4.78, 5) is 0. The van der Waals surface area contributed by atoms with E-state index in [1.54, 1.807) is 0 Å². The normalized spacial score (nSPS) is 18.9. The van der Waals surface area contributed by atoms with E-state index < -0.39 is 0 Å². The van der Waals surface area contributed by atoms with Crippen LogP contribution in [-0.4, -0.2) is 23.2 Å². The van der Waals surface area contributed by atoms with Gasteiger partial charge in [0.05, 0.1) is 29.8 Å². The average Bonchev–Trinajstić information content (AvgIpc) is 2.17. The van der Waals surface area contributed by atoms with Gasteiger partial charge in [0, 0.05) is 0 Å². The number of ether oxygens (including phenoxy) is 2. The van der Waals surface area contributed by atoms with Crippen LogP contribution in [0.5, 0.6) is 0 Å². The van der Waals surface area contributed by atoms with Gasteiger partial charge in [0.15, 0.2) is 0 Å². The number of benzene rings is 1. The summed E-state index contributed by atoms with van der Waals surface area (Å²) in [5.41, 5.74) is 1.23. The molecule has 1 saturated heterocycles. The van der Waals surface area contributed by atoms with Gasteiger partial charge in [-0.05, 0) is 5.56 Å². The Labute approximate surface area is 97.7 Å². The van der Waals surface area contributed by atoms with Crippen molar-refractivity contribution in [1.82, 2.24) is 0 Å². The van der Waals surface area contributed by atoms with Crippen molar-refractivity contribution in [3.63, 3.8) is 0 Å². The number of halogens is 1. The number of hydrogen-bond donors (Lipinski definition) is 0. The van der Waals surface area contributed by atoms with Crippen LogP contribution in [0.4, 0.5) is 0 Å². The van der Waals surface area contributed by atoms with Crippen LogP contribution >= 0.6 is 22.6 Å². The first-order valence-corrected chi connectivity index (χ1v) is 5.75. The van der Waals surface area contributed by atoms with E-state index in [4.69, 9.17) is 9.47 Å². The van der Waals surface area contributed by atoms with Gasteiger partial charge in [-0.1, -0.05) is 52.9 Å². The highest BCUT2D eigenvalue weighted by Gasteiger charge is 2.35. The Bertz CT molecular complexity index is 283. The third kappa shape index (κ3) is 2.68. The molecule has 1 aliphatic heterocycles. The van der Waals surface area contributed by atoms with Crippen molar-refractivity contribution < 1.29 is 9.47 Å². The van der Waals surface area contributed by atoms with E-state index in [0.29, 0.717) is 6.61 Å². The molecule has 1 aliphatic rings. The maximum absolute atomic E-state index is 5.64. The third-order valence-electron chi connectivity index (χ3n) is 2.19. The number of rotatable bonds is 4. The summed E-state index contributed by atoms with van der Waals surface area (Å²) in [5, 5.41) is 0. The van der Waals surface area contributed by atoms with Crippen molar-refractivity contribution in [1.29, 1.82) is 0 Å². The van der Waals surface area contributed by atoms with E-state index in [9.17, 15) is 0 Å². The van der Waals surface area contributed by atoms with Crippen LogP contribution in [0.1, 0.15) is 5.56 Å². The molecule has 0 aromatic heterocycles. The molecule has 0 atom stereocenters. The first-order chi connectivity index (χ1) is 6.79. The fraction of sp³-hybridized carbons (Fsp3) is 0.455. The molecule has 0 bridgehead atoms. The maximum atomic E-state index is 5.64. The number of alkyl halides is 1. The van der Waals surface area contributed by atoms with Crippen molar-refractivity contribution in [3.8, 4) is 0 Å². The maximum Gasteiger partial charge on any atom is 0.0920 e. The first kappa shape index (κ1) is 10.4. The molecule has 0 aliphatic carbocycles. The molecule has 2 rings (SSSR count). The molecule has 0 spiro atoms. The minimum atomic E-state index is 0.229. The van der Waals surface area contributed by atoms with Crippen LogP contribution in [0.2, 0.25) is 0 Å². The van der Waals surface area contributed by atoms with Gasteiger partial charge in [0.2, 0.25) is 0 Å². The first-order valence-electron chi connectivity index (χ1n) is 4.67. The van der Waals surface area contributed by atoms with Gasteiger partial charge in [-0.2, -0.15) is 0 Å². The zero-order chi connectivity index (χ0) is 9.86. The number of hydrogen-bond acceptors (Lipinski definition) is 2. The average molecular weight is 304 g/mol. The predicted octanol–water partition coefficient (Wildman–Crippen LogP) is 2.41. The molecule has 0 amide bonds. The van der Waals surface area contributed by atoms with E-state index in [-0.39, 0.29) is 3.42 Å². The SMILES string of the molecule is IC1(COCc2ccccc2)COC1. The lowest BCUT2D eigenvalue weighted by Gasteiger charge is -2.35. The third-order valence-corrected chi connectivity index (χ3v) is 3.13. The zero-order valence-corrected chi connectivity index (χ0v) is 10.1. The Kier molecular flexibility index (Phi) is 3.41. The summed E-state index contributed by atoms with van der Waals surface area (Å²) in [5.74, 6) is 0. The fourth-order valence-corrected chi connectivity index (χ4v) is 1.99. The van der Waals surface area contributed by atoms with Gasteiger partial charge in [0.25, 0.3) is 0 Å². The summed E-state index contributed by atoms with van der Waals surface area (Å²) < 4.78 is 11.0. The lowest BCUT2D eigenvalue weighted by Crippen LogP contribution is -2.47. The van der Waals surface area contributed by atoms with E-state index in [1.165, 1.54) is 5.56 Å². The molecule has 1 aromatic rings. The molecule has 0 radical (unpaired) electrons. The van der Waals surface area contributed by atoms with Crippen LogP contribution in [0, 0.1) is 0 Å². The second-order valence-corrected chi connectivity index (χ2v) is 5.91. The van der Waals surface area contributed by atoms with Crippen LogP contribution in [0.25, 0.3) is 0 Å². The van der Waals surface area contributed by atoms with Gasteiger partial charge in [-0.15, -0.1) is 0 Å². The standard InChI is InChI=1S/C11H13IO2/c12-11(8-14-9-11)7-13-6-10-4-2-1-3-5-10/h1-5H,6-9H2. The molecule has 14 heavy (non-hydrogen) atoms. The Morgan fingerprint density at radius 2 is 2.00 bits per heavy atom. The molecule has 0 unspecified atom stereocenters.